The Morgan fingerprint density at radius 1 is 1.07 bits per heavy atom. The van der Waals surface area contributed by atoms with E-state index in [1.807, 2.05) is 30.3 Å². The second-order valence-corrected chi connectivity index (χ2v) is 9.09. The number of rotatable bonds is 5. The van der Waals surface area contributed by atoms with Crippen LogP contribution in [0.2, 0.25) is 0 Å². The van der Waals surface area contributed by atoms with Gasteiger partial charge in [-0.1, -0.05) is 30.3 Å². The Balaban J connectivity index is 1.61. The van der Waals surface area contributed by atoms with Crippen LogP contribution in [0.4, 0.5) is 0 Å². The lowest BCUT2D eigenvalue weighted by Crippen LogP contribution is -2.21. The number of benzene rings is 1. The third-order valence-electron chi connectivity index (χ3n) is 6.97. The van der Waals surface area contributed by atoms with Gasteiger partial charge in [-0.05, 0) is 55.9 Å². The third kappa shape index (κ3) is 3.60. The van der Waals surface area contributed by atoms with Gasteiger partial charge >= 0.3 is 5.63 Å². The molecule has 3 atom stereocenters. The minimum absolute atomic E-state index is 0.0260. The van der Waals surface area contributed by atoms with Crippen LogP contribution in [0.1, 0.15) is 84.0 Å². The van der Waals surface area contributed by atoms with E-state index in [0.29, 0.717) is 30.6 Å². The van der Waals surface area contributed by atoms with Crippen molar-refractivity contribution in [2.75, 3.05) is 13.2 Å². The number of aromatic hydroxyl groups is 1. The largest absolute Gasteiger partial charge is 0.506 e. The molecule has 2 heterocycles. The molecule has 2 fully saturated rings. The fourth-order valence-electron chi connectivity index (χ4n) is 5.31. The molecular weight excluding hydrogens is 380 g/mol. The summed E-state index contributed by atoms with van der Waals surface area (Å²) in [5.41, 5.74) is 1.02. The summed E-state index contributed by atoms with van der Waals surface area (Å²) < 4.78 is 11.4. The van der Waals surface area contributed by atoms with Crippen molar-refractivity contribution >= 4 is 5.78 Å². The summed E-state index contributed by atoms with van der Waals surface area (Å²) in [6.07, 6.45) is 5.75. The predicted octanol–water partition coefficient (Wildman–Crippen LogP) is 4.76. The smallest absolute Gasteiger partial charge is 0.343 e. The number of ketones is 1. The molecule has 5 nitrogen and oxygen atoms in total. The Hall–Kier alpha value is -2.40. The van der Waals surface area contributed by atoms with Crippen LogP contribution in [0.15, 0.2) is 39.5 Å². The quantitative estimate of drug-likeness (QED) is 0.722. The lowest BCUT2D eigenvalue weighted by atomic mass is 9.84. The van der Waals surface area contributed by atoms with Crippen LogP contribution in [-0.2, 0) is 4.74 Å². The molecule has 1 aromatic carbocycles. The number of hydrogen-bond acceptors (Lipinski definition) is 5. The van der Waals surface area contributed by atoms with Crippen LogP contribution < -0.4 is 5.63 Å². The van der Waals surface area contributed by atoms with Crippen LogP contribution in [0.25, 0.3) is 0 Å². The molecule has 3 aliphatic rings. The molecule has 0 spiro atoms. The monoisotopic (exact) mass is 408 g/mol. The lowest BCUT2D eigenvalue weighted by Gasteiger charge is -2.22. The van der Waals surface area contributed by atoms with E-state index in [4.69, 9.17) is 9.15 Å². The number of carbonyl (C=O) groups is 1. The van der Waals surface area contributed by atoms with Crippen molar-refractivity contribution in [2.45, 2.75) is 56.8 Å². The average Bonchev–Trinajstić information content (AvgIpc) is 3.47. The lowest BCUT2D eigenvalue weighted by molar-refractivity contribution is 0.0976. The summed E-state index contributed by atoms with van der Waals surface area (Å²) in [6.45, 7) is 1.48. The molecule has 1 saturated carbocycles. The van der Waals surface area contributed by atoms with Gasteiger partial charge in [-0.15, -0.1) is 0 Å². The first-order chi connectivity index (χ1) is 14.6. The highest BCUT2D eigenvalue weighted by Crippen LogP contribution is 2.49. The molecule has 5 rings (SSSR count). The molecule has 5 heteroatoms. The Morgan fingerprint density at radius 2 is 1.87 bits per heavy atom. The van der Waals surface area contributed by atoms with Gasteiger partial charge in [-0.25, -0.2) is 4.79 Å². The normalized spacial score (nSPS) is 25.0. The van der Waals surface area contributed by atoms with Gasteiger partial charge in [-0.3, -0.25) is 4.79 Å². The summed E-state index contributed by atoms with van der Waals surface area (Å²) in [5.74, 6) is 0.603. The third-order valence-corrected chi connectivity index (χ3v) is 6.97. The van der Waals surface area contributed by atoms with Crippen LogP contribution >= 0.6 is 0 Å². The van der Waals surface area contributed by atoms with Crippen LogP contribution in [0.5, 0.6) is 5.75 Å². The number of fused-ring (bicyclic) bond motifs is 1. The summed E-state index contributed by atoms with van der Waals surface area (Å²) >= 11 is 0. The number of ether oxygens (including phenoxy) is 1. The Bertz CT molecular complexity index is 983. The fraction of sp³-hybridized carbons (Fsp3) is 0.520. The minimum atomic E-state index is -0.491. The summed E-state index contributed by atoms with van der Waals surface area (Å²) in [4.78, 5) is 26.2. The first-order valence-electron chi connectivity index (χ1n) is 11.2. The maximum Gasteiger partial charge on any atom is 0.343 e. The van der Waals surface area contributed by atoms with E-state index in [1.165, 1.54) is 0 Å². The maximum absolute atomic E-state index is 13.2. The Labute approximate surface area is 176 Å². The van der Waals surface area contributed by atoms with Gasteiger partial charge in [0, 0.05) is 31.5 Å². The van der Waals surface area contributed by atoms with Crippen molar-refractivity contribution in [1.29, 1.82) is 0 Å². The molecule has 158 valence electrons. The average molecular weight is 408 g/mol. The summed E-state index contributed by atoms with van der Waals surface area (Å²) in [5, 5.41) is 11.3. The van der Waals surface area contributed by atoms with E-state index in [1.54, 1.807) is 0 Å². The fourth-order valence-corrected chi connectivity index (χ4v) is 5.31. The molecule has 1 aromatic heterocycles. The van der Waals surface area contributed by atoms with E-state index in [2.05, 4.69) is 0 Å². The highest BCUT2D eigenvalue weighted by atomic mass is 16.5. The standard InChI is InChI=1S/C25H28O5/c26-19-8-4-7-18(13-15-11-12-29-14-15)24-21(19)23(27)22(25(28)30-24)20(17-9-10-17)16-5-2-1-3-6-16/h1-3,5-6,15,17-18,20,27H,4,7-14H2. The van der Waals surface area contributed by atoms with Gasteiger partial charge in [0.1, 0.15) is 11.5 Å². The van der Waals surface area contributed by atoms with Crippen molar-refractivity contribution in [2.24, 2.45) is 11.8 Å². The first-order valence-corrected chi connectivity index (χ1v) is 11.2. The molecular formula is C25H28O5. The zero-order valence-electron chi connectivity index (χ0n) is 17.1. The first kappa shape index (κ1) is 19.6. The summed E-state index contributed by atoms with van der Waals surface area (Å²) in [6, 6.07) is 9.79. The van der Waals surface area contributed by atoms with Crippen molar-refractivity contribution < 1.29 is 19.1 Å². The molecule has 0 amide bonds. The topological polar surface area (TPSA) is 76.7 Å². The number of Topliss-reactive ketones (excluding diaryl/α,β-unsaturated/α-hetero) is 1. The molecule has 1 saturated heterocycles. The van der Waals surface area contributed by atoms with E-state index < -0.39 is 5.63 Å². The SMILES string of the molecule is O=C1CCCC(CC2CCOC2)c2oc(=O)c(C(c3ccccc3)C3CC3)c(O)c21. The number of hydrogen-bond donors (Lipinski definition) is 1. The van der Waals surface area contributed by atoms with Crippen molar-refractivity contribution in [3.63, 3.8) is 0 Å². The van der Waals surface area contributed by atoms with E-state index in [-0.39, 0.29) is 34.5 Å². The van der Waals surface area contributed by atoms with Crippen LogP contribution in [0.3, 0.4) is 0 Å². The number of carbonyl (C=O) groups excluding carboxylic acids is 1. The molecule has 3 unspecified atom stereocenters. The Kier molecular flexibility index (Phi) is 5.23. The summed E-state index contributed by atoms with van der Waals surface area (Å²) in [7, 11) is 0. The Morgan fingerprint density at radius 3 is 2.57 bits per heavy atom. The zero-order valence-corrected chi connectivity index (χ0v) is 17.1. The van der Waals surface area contributed by atoms with Gasteiger partial charge in [0.25, 0.3) is 0 Å². The van der Waals surface area contributed by atoms with E-state index in [0.717, 1.165) is 50.7 Å². The second-order valence-electron chi connectivity index (χ2n) is 9.09. The zero-order chi connectivity index (χ0) is 20.7. The second kappa shape index (κ2) is 8.03. The van der Waals surface area contributed by atoms with Crippen LogP contribution in [0, 0.1) is 11.8 Å². The van der Waals surface area contributed by atoms with Gasteiger partial charge in [0.05, 0.1) is 11.1 Å². The van der Waals surface area contributed by atoms with Crippen molar-refractivity contribution in [3.8, 4) is 5.75 Å². The molecule has 0 radical (unpaired) electrons. The van der Waals surface area contributed by atoms with Crippen molar-refractivity contribution in [3.05, 3.63) is 63.2 Å². The minimum Gasteiger partial charge on any atom is -0.506 e. The highest BCUT2D eigenvalue weighted by Gasteiger charge is 2.40. The molecule has 1 N–H and O–H groups in total. The van der Waals surface area contributed by atoms with Crippen molar-refractivity contribution in [1.82, 2.24) is 0 Å². The maximum atomic E-state index is 13.2. The molecule has 2 aromatic rings. The van der Waals surface area contributed by atoms with E-state index >= 15 is 0 Å². The van der Waals surface area contributed by atoms with Gasteiger partial charge in [-0.2, -0.15) is 0 Å². The highest BCUT2D eigenvalue weighted by molar-refractivity contribution is 6.00. The van der Waals surface area contributed by atoms with Gasteiger partial charge in [0.2, 0.25) is 0 Å². The van der Waals surface area contributed by atoms with E-state index in [9.17, 15) is 14.7 Å². The molecule has 2 aliphatic carbocycles. The molecule has 1 aliphatic heterocycles. The molecule has 0 bridgehead atoms. The van der Waals surface area contributed by atoms with Gasteiger partial charge < -0.3 is 14.3 Å². The van der Waals surface area contributed by atoms with Gasteiger partial charge in [0.15, 0.2) is 5.78 Å². The molecule has 30 heavy (non-hydrogen) atoms. The predicted molar refractivity (Wildman–Crippen MR) is 112 cm³/mol. The van der Waals surface area contributed by atoms with Crippen LogP contribution in [-0.4, -0.2) is 24.1 Å².